The van der Waals surface area contributed by atoms with Gasteiger partial charge in [-0.25, -0.2) is 0 Å². The van der Waals surface area contributed by atoms with Crippen LogP contribution >= 0.6 is 0 Å². The molecule has 0 bridgehead atoms. The molecule has 1 aromatic heterocycles. The summed E-state index contributed by atoms with van der Waals surface area (Å²) in [4.78, 5) is 11.4. The smallest absolute Gasteiger partial charge is 0.274 e. The number of hydrogen-bond donors (Lipinski definition) is 0. The van der Waals surface area contributed by atoms with E-state index < -0.39 is 0 Å². The molecule has 0 amide bonds. The number of nitrogens with zero attached hydrogens (tertiary/aromatic N) is 2. The predicted molar refractivity (Wildman–Crippen MR) is 110 cm³/mol. The predicted octanol–water partition coefficient (Wildman–Crippen LogP) is 6.26. The lowest BCUT2D eigenvalue weighted by atomic mass is 9.96. The molecule has 0 aliphatic rings. The first kappa shape index (κ1) is 17.3. The van der Waals surface area contributed by atoms with E-state index in [1.54, 1.807) is 6.07 Å². The Morgan fingerprint density at radius 3 is 2.11 bits per heavy atom. The highest BCUT2D eigenvalue weighted by atomic mass is 16.6. The second kappa shape index (κ2) is 6.88. The first-order valence-corrected chi connectivity index (χ1v) is 9.33. The molecule has 4 nitrogen and oxygen atoms in total. The average Bonchev–Trinajstić information content (AvgIpc) is 3.01. The minimum Gasteiger partial charge on any atom is -0.336 e. The SMILES string of the molecule is CCC(C)c1ccc([N+](=O)[O-])c(Cn2c3ccccc3c3ccccc32)c1. The molecule has 1 atom stereocenters. The Bertz CT molecular complexity index is 1090. The molecule has 27 heavy (non-hydrogen) atoms. The lowest BCUT2D eigenvalue weighted by Gasteiger charge is -2.13. The van der Waals surface area contributed by atoms with Crippen molar-refractivity contribution in [3.8, 4) is 0 Å². The summed E-state index contributed by atoms with van der Waals surface area (Å²) in [6.07, 6.45) is 1.01. The Labute approximate surface area is 158 Å². The van der Waals surface area contributed by atoms with Gasteiger partial charge in [0.1, 0.15) is 0 Å². The first-order valence-electron chi connectivity index (χ1n) is 9.33. The second-order valence-electron chi connectivity index (χ2n) is 7.07. The minimum atomic E-state index is -0.274. The highest BCUT2D eigenvalue weighted by Crippen LogP contribution is 2.32. The van der Waals surface area contributed by atoms with Crippen LogP contribution in [-0.2, 0) is 6.54 Å². The molecule has 3 aromatic carbocycles. The summed E-state index contributed by atoms with van der Waals surface area (Å²) in [7, 11) is 0. The molecule has 0 saturated heterocycles. The van der Waals surface area contributed by atoms with E-state index in [2.05, 4.69) is 42.7 Å². The fraction of sp³-hybridized carbons (Fsp3) is 0.217. The summed E-state index contributed by atoms with van der Waals surface area (Å²) in [5.74, 6) is 0.378. The van der Waals surface area contributed by atoms with E-state index in [-0.39, 0.29) is 10.6 Å². The molecule has 1 unspecified atom stereocenters. The molecule has 4 rings (SSSR count). The van der Waals surface area contributed by atoms with Crippen LogP contribution < -0.4 is 0 Å². The fourth-order valence-corrected chi connectivity index (χ4v) is 3.80. The molecule has 0 saturated carbocycles. The van der Waals surface area contributed by atoms with Crippen LogP contribution in [0.4, 0.5) is 5.69 Å². The van der Waals surface area contributed by atoms with Gasteiger partial charge in [0.25, 0.3) is 5.69 Å². The maximum Gasteiger partial charge on any atom is 0.274 e. The van der Waals surface area contributed by atoms with Crippen molar-refractivity contribution in [1.82, 2.24) is 4.57 Å². The van der Waals surface area contributed by atoms with Crippen molar-refractivity contribution in [1.29, 1.82) is 0 Å². The van der Waals surface area contributed by atoms with Crippen molar-refractivity contribution >= 4 is 27.5 Å². The van der Waals surface area contributed by atoms with Crippen LogP contribution in [0.3, 0.4) is 0 Å². The maximum absolute atomic E-state index is 11.6. The summed E-state index contributed by atoms with van der Waals surface area (Å²) < 4.78 is 2.19. The van der Waals surface area contributed by atoms with Crippen molar-refractivity contribution in [2.24, 2.45) is 0 Å². The van der Waals surface area contributed by atoms with Gasteiger partial charge in [0.05, 0.1) is 11.5 Å². The largest absolute Gasteiger partial charge is 0.336 e. The number of para-hydroxylation sites is 2. The molecule has 4 aromatic rings. The average molecular weight is 358 g/mol. The molecule has 1 heterocycles. The topological polar surface area (TPSA) is 48.1 Å². The molecule has 0 aliphatic carbocycles. The monoisotopic (exact) mass is 358 g/mol. The zero-order valence-corrected chi connectivity index (χ0v) is 15.6. The van der Waals surface area contributed by atoms with Crippen molar-refractivity contribution in [3.05, 3.63) is 88.0 Å². The lowest BCUT2D eigenvalue weighted by molar-refractivity contribution is -0.385. The molecule has 0 radical (unpaired) electrons. The lowest BCUT2D eigenvalue weighted by Crippen LogP contribution is -2.05. The minimum absolute atomic E-state index is 0.184. The van der Waals surface area contributed by atoms with E-state index in [1.807, 2.05) is 36.4 Å². The van der Waals surface area contributed by atoms with Crippen LogP contribution in [-0.4, -0.2) is 9.49 Å². The number of benzene rings is 3. The summed E-state index contributed by atoms with van der Waals surface area (Å²) in [6, 6.07) is 22.0. The van der Waals surface area contributed by atoms with E-state index in [9.17, 15) is 10.1 Å². The van der Waals surface area contributed by atoms with Crippen LogP contribution in [0, 0.1) is 10.1 Å². The van der Waals surface area contributed by atoms with Crippen molar-refractivity contribution in [2.75, 3.05) is 0 Å². The van der Waals surface area contributed by atoms with Crippen LogP contribution in [0.15, 0.2) is 66.7 Å². The van der Waals surface area contributed by atoms with Crippen LogP contribution in [0.2, 0.25) is 0 Å². The third-order valence-corrected chi connectivity index (χ3v) is 5.49. The number of hydrogen-bond acceptors (Lipinski definition) is 2. The van der Waals surface area contributed by atoms with Crippen LogP contribution in [0.25, 0.3) is 21.8 Å². The van der Waals surface area contributed by atoms with Crippen molar-refractivity contribution in [3.63, 3.8) is 0 Å². The Kier molecular flexibility index (Phi) is 4.40. The van der Waals surface area contributed by atoms with Gasteiger partial charge in [-0.05, 0) is 36.1 Å². The number of rotatable bonds is 5. The molecule has 0 N–H and O–H groups in total. The highest BCUT2D eigenvalue weighted by Gasteiger charge is 2.18. The van der Waals surface area contributed by atoms with Crippen LogP contribution in [0.5, 0.6) is 0 Å². The van der Waals surface area contributed by atoms with Crippen LogP contribution in [0.1, 0.15) is 37.3 Å². The number of nitro benzene ring substituents is 1. The van der Waals surface area contributed by atoms with Crippen molar-refractivity contribution in [2.45, 2.75) is 32.7 Å². The molecule has 0 spiro atoms. The zero-order valence-electron chi connectivity index (χ0n) is 15.6. The van der Waals surface area contributed by atoms with Gasteiger partial charge in [-0.15, -0.1) is 0 Å². The van der Waals surface area contributed by atoms with Gasteiger partial charge in [0.15, 0.2) is 0 Å². The summed E-state index contributed by atoms with van der Waals surface area (Å²) in [6.45, 7) is 4.78. The number of fused-ring (bicyclic) bond motifs is 3. The van der Waals surface area contributed by atoms with Gasteiger partial charge in [0.2, 0.25) is 0 Å². The first-order chi connectivity index (χ1) is 13.1. The summed E-state index contributed by atoms with van der Waals surface area (Å²) in [5, 5.41) is 14.0. The van der Waals surface area contributed by atoms with E-state index in [1.165, 1.54) is 10.8 Å². The van der Waals surface area contributed by atoms with E-state index >= 15 is 0 Å². The molecule has 4 heteroatoms. The van der Waals surface area contributed by atoms with E-state index in [0.29, 0.717) is 12.5 Å². The highest BCUT2D eigenvalue weighted by molar-refractivity contribution is 6.08. The summed E-state index contributed by atoms with van der Waals surface area (Å²) >= 11 is 0. The fourth-order valence-electron chi connectivity index (χ4n) is 3.80. The normalized spacial score (nSPS) is 12.5. The van der Waals surface area contributed by atoms with Gasteiger partial charge in [0, 0.05) is 33.4 Å². The third-order valence-electron chi connectivity index (χ3n) is 5.49. The standard InChI is InChI=1S/C23H22N2O2/c1-3-16(2)17-12-13-21(25(26)27)18(14-17)15-24-22-10-6-4-8-19(22)20-9-5-7-11-23(20)24/h4-14,16H,3,15H2,1-2H3. The van der Waals surface area contributed by atoms with E-state index in [0.717, 1.165) is 28.6 Å². The zero-order chi connectivity index (χ0) is 19.0. The second-order valence-corrected chi connectivity index (χ2v) is 7.07. The van der Waals surface area contributed by atoms with Gasteiger partial charge in [-0.3, -0.25) is 10.1 Å². The van der Waals surface area contributed by atoms with Gasteiger partial charge >= 0.3 is 0 Å². The van der Waals surface area contributed by atoms with Crippen molar-refractivity contribution < 1.29 is 4.92 Å². The van der Waals surface area contributed by atoms with E-state index in [4.69, 9.17) is 0 Å². The summed E-state index contributed by atoms with van der Waals surface area (Å²) in [5.41, 5.74) is 4.29. The Hall–Kier alpha value is -3.14. The molecule has 0 fully saturated rings. The van der Waals surface area contributed by atoms with Gasteiger partial charge in [-0.1, -0.05) is 56.3 Å². The third kappa shape index (κ3) is 2.97. The Morgan fingerprint density at radius 2 is 1.56 bits per heavy atom. The van der Waals surface area contributed by atoms with Gasteiger partial charge < -0.3 is 4.57 Å². The molecular formula is C23H22N2O2. The Balaban J connectivity index is 1.92. The Morgan fingerprint density at radius 1 is 0.963 bits per heavy atom. The quantitative estimate of drug-likeness (QED) is 0.312. The molecule has 0 aliphatic heterocycles. The van der Waals surface area contributed by atoms with Gasteiger partial charge in [-0.2, -0.15) is 0 Å². The molecule has 136 valence electrons. The molecular weight excluding hydrogens is 336 g/mol. The number of nitro groups is 1. The maximum atomic E-state index is 11.6. The number of aromatic nitrogens is 1.